The number of phenolic OH excluding ortho intramolecular Hbond substituents is 1. The van der Waals surface area contributed by atoms with Crippen LogP contribution in [0.4, 0.5) is 0 Å². The second-order valence-corrected chi connectivity index (χ2v) is 8.65. The Balaban J connectivity index is 1.51. The van der Waals surface area contributed by atoms with Gasteiger partial charge in [0, 0.05) is 5.02 Å². The maximum atomic E-state index is 13.2. The van der Waals surface area contributed by atoms with Gasteiger partial charge in [-0.15, -0.1) is 0 Å². The minimum Gasteiger partial charge on any atom is -0.504 e. The number of para-hydroxylation sites is 1. The minimum absolute atomic E-state index is 0.0184. The first-order valence-electron chi connectivity index (χ1n) is 10.6. The normalized spacial score (nSPS) is 11.1. The number of aromatic hydroxyl groups is 1. The van der Waals surface area contributed by atoms with Crippen LogP contribution >= 0.6 is 23.4 Å². The lowest BCUT2D eigenvalue weighted by molar-refractivity contribution is -0.118. The Hall–Kier alpha value is -3.82. The van der Waals surface area contributed by atoms with Crippen LogP contribution in [0.3, 0.4) is 0 Å². The number of aromatic nitrogens is 2. The zero-order valence-electron chi connectivity index (χ0n) is 18.6. The van der Waals surface area contributed by atoms with E-state index in [-0.39, 0.29) is 23.0 Å². The molecule has 4 aromatic rings. The van der Waals surface area contributed by atoms with Gasteiger partial charge in [0.25, 0.3) is 11.5 Å². The summed E-state index contributed by atoms with van der Waals surface area (Å²) in [6.45, 7) is 2.22. The predicted octanol–water partition coefficient (Wildman–Crippen LogP) is 4.39. The molecule has 0 saturated heterocycles. The number of rotatable bonds is 8. The number of thioether (sulfide) groups is 1. The topological polar surface area (TPSA) is 106 Å². The highest BCUT2D eigenvalue weighted by molar-refractivity contribution is 7.99. The van der Waals surface area contributed by atoms with Crippen LogP contribution in [0.5, 0.6) is 11.5 Å². The van der Waals surface area contributed by atoms with Gasteiger partial charge in [0.1, 0.15) is 0 Å². The number of amides is 1. The Morgan fingerprint density at radius 2 is 1.97 bits per heavy atom. The number of carbonyl (C=O) groups excluding carboxylic acids is 1. The van der Waals surface area contributed by atoms with Gasteiger partial charge in [-0.3, -0.25) is 14.2 Å². The number of phenols is 1. The molecular formula is C25H21ClN4O4S. The monoisotopic (exact) mass is 508 g/mol. The Morgan fingerprint density at radius 3 is 2.74 bits per heavy atom. The Kier molecular flexibility index (Phi) is 7.69. The summed E-state index contributed by atoms with van der Waals surface area (Å²) < 4.78 is 6.81. The van der Waals surface area contributed by atoms with Gasteiger partial charge in [0.2, 0.25) is 0 Å². The van der Waals surface area contributed by atoms with Gasteiger partial charge in [0.15, 0.2) is 16.7 Å². The van der Waals surface area contributed by atoms with Gasteiger partial charge in [-0.2, -0.15) is 5.10 Å². The van der Waals surface area contributed by atoms with Gasteiger partial charge in [-0.1, -0.05) is 35.5 Å². The summed E-state index contributed by atoms with van der Waals surface area (Å²) in [6.07, 6.45) is 1.45. The molecule has 1 amide bonds. The van der Waals surface area contributed by atoms with Gasteiger partial charge in [0.05, 0.1) is 35.2 Å². The molecule has 0 radical (unpaired) electrons. The van der Waals surface area contributed by atoms with Crippen molar-refractivity contribution in [3.63, 3.8) is 0 Å². The highest BCUT2D eigenvalue weighted by Crippen LogP contribution is 2.26. The Morgan fingerprint density at radius 1 is 1.20 bits per heavy atom. The van der Waals surface area contributed by atoms with Crippen molar-refractivity contribution >= 4 is 46.4 Å². The van der Waals surface area contributed by atoms with E-state index in [1.165, 1.54) is 16.8 Å². The molecule has 178 valence electrons. The van der Waals surface area contributed by atoms with Crippen LogP contribution in [0.2, 0.25) is 5.02 Å². The molecule has 1 aromatic heterocycles. The van der Waals surface area contributed by atoms with Crippen molar-refractivity contribution in [2.24, 2.45) is 5.10 Å². The molecule has 4 rings (SSSR count). The van der Waals surface area contributed by atoms with Gasteiger partial charge in [-0.05, 0) is 67.1 Å². The number of hydrogen-bond acceptors (Lipinski definition) is 7. The predicted molar refractivity (Wildman–Crippen MR) is 138 cm³/mol. The smallest absolute Gasteiger partial charge is 0.266 e. The molecule has 0 aliphatic heterocycles. The number of nitrogens with zero attached hydrogens (tertiary/aromatic N) is 3. The largest absolute Gasteiger partial charge is 0.504 e. The van der Waals surface area contributed by atoms with Crippen molar-refractivity contribution in [1.29, 1.82) is 0 Å². The molecule has 0 atom stereocenters. The molecular weight excluding hydrogens is 488 g/mol. The fraction of sp³-hybridized carbons (Fsp3) is 0.120. The molecule has 0 aliphatic rings. The third-order valence-corrected chi connectivity index (χ3v) is 6.04. The number of ether oxygens (including phenoxy) is 1. The maximum Gasteiger partial charge on any atom is 0.266 e. The number of fused-ring (bicyclic) bond motifs is 1. The van der Waals surface area contributed by atoms with Crippen LogP contribution in [0.25, 0.3) is 16.6 Å². The number of hydrogen-bond donors (Lipinski definition) is 2. The third-order valence-electron chi connectivity index (χ3n) is 4.85. The highest BCUT2D eigenvalue weighted by atomic mass is 35.5. The number of carbonyl (C=O) groups is 1. The van der Waals surface area contributed by atoms with E-state index in [1.54, 1.807) is 60.7 Å². The summed E-state index contributed by atoms with van der Waals surface area (Å²) in [4.78, 5) is 30.3. The first-order valence-corrected chi connectivity index (χ1v) is 12.0. The summed E-state index contributed by atoms with van der Waals surface area (Å²) in [5, 5.41) is 15.1. The second kappa shape index (κ2) is 11.1. The van der Waals surface area contributed by atoms with Gasteiger partial charge in [-0.25, -0.2) is 10.4 Å². The average molecular weight is 509 g/mol. The summed E-state index contributed by atoms with van der Waals surface area (Å²) >= 11 is 7.13. The summed E-state index contributed by atoms with van der Waals surface area (Å²) in [6, 6.07) is 18.6. The van der Waals surface area contributed by atoms with Crippen LogP contribution < -0.4 is 15.7 Å². The van der Waals surface area contributed by atoms with Crippen molar-refractivity contribution < 1.29 is 14.6 Å². The van der Waals surface area contributed by atoms with Crippen molar-refractivity contribution in [3.8, 4) is 17.2 Å². The zero-order chi connectivity index (χ0) is 24.8. The molecule has 8 nitrogen and oxygen atoms in total. The molecule has 10 heteroatoms. The van der Waals surface area contributed by atoms with Crippen LogP contribution in [-0.4, -0.2) is 39.1 Å². The lowest BCUT2D eigenvalue weighted by Crippen LogP contribution is -2.24. The van der Waals surface area contributed by atoms with E-state index in [4.69, 9.17) is 16.3 Å². The van der Waals surface area contributed by atoms with Crippen LogP contribution in [-0.2, 0) is 4.79 Å². The van der Waals surface area contributed by atoms with Crippen molar-refractivity contribution in [1.82, 2.24) is 15.0 Å². The fourth-order valence-corrected chi connectivity index (χ4v) is 4.18. The molecule has 0 saturated carbocycles. The zero-order valence-corrected chi connectivity index (χ0v) is 20.2. The molecule has 0 spiro atoms. The van der Waals surface area contributed by atoms with E-state index >= 15 is 0 Å². The SMILES string of the molecule is CCOc1cc(/C=N/NC(=O)CSc2nc3ccccc3c(=O)n2-c2ccc(Cl)cc2)ccc1O. The molecule has 0 bridgehead atoms. The fourth-order valence-electron chi connectivity index (χ4n) is 3.25. The molecule has 0 fully saturated rings. The van der Waals surface area contributed by atoms with E-state index < -0.39 is 0 Å². The highest BCUT2D eigenvalue weighted by Gasteiger charge is 2.14. The standard InChI is InChI=1S/C25H21ClN4O4S/c1-2-34-22-13-16(7-12-21(22)31)14-27-29-23(32)15-35-25-28-20-6-4-3-5-19(20)24(33)30(25)18-10-8-17(26)9-11-18/h3-14,31H,2,15H2,1H3,(H,29,32)/b27-14+. The van der Waals surface area contributed by atoms with Crippen LogP contribution in [0.1, 0.15) is 12.5 Å². The first kappa shape index (κ1) is 24.3. The number of nitrogens with one attached hydrogen (secondary N) is 1. The summed E-state index contributed by atoms with van der Waals surface area (Å²) in [7, 11) is 0. The molecule has 3 aromatic carbocycles. The number of halogens is 1. The van der Waals surface area contributed by atoms with Gasteiger partial charge >= 0.3 is 0 Å². The van der Waals surface area contributed by atoms with E-state index in [2.05, 4.69) is 15.5 Å². The maximum absolute atomic E-state index is 13.2. The average Bonchev–Trinajstić information content (AvgIpc) is 2.86. The molecule has 0 unspecified atom stereocenters. The third kappa shape index (κ3) is 5.82. The number of hydrazone groups is 1. The van der Waals surface area contributed by atoms with Crippen molar-refractivity contribution in [3.05, 3.63) is 87.7 Å². The lowest BCUT2D eigenvalue weighted by Gasteiger charge is -2.13. The van der Waals surface area contributed by atoms with Crippen molar-refractivity contribution in [2.45, 2.75) is 12.1 Å². The quantitative estimate of drug-likeness (QED) is 0.158. The first-order chi connectivity index (χ1) is 17.0. The Labute approximate surface area is 210 Å². The van der Waals surface area contributed by atoms with Crippen molar-refractivity contribution in [2.75, 3.05) is 12.4 Å². The number of benzene rings is 3. The second-order valence-electron chi connectivity index (χ2n) is 7.27. The van der Waals surface area contributed by atoms with E-state index in [0.717, 1.165) is 11.8 Å². The summed E-state index contributed by atoms with van der Waals surface area (Å²) in [5.41, 5.74) is 4.00. The molecule has 0 aliphatic carbocycles. The molecule has 2 N–H and O–H groups in total. The van der Waals surface area contributed by atoms with E-state index in [0.29, 0.717) is 44.7 Å². The summed E-state index contributed by atoms with van der Waals surface area (Å²) in [5.74, 6) is -0.0322. The lowest BCUT2D eigenvalue weighted by atomic mass is 10.2. The Bertz CT molecular complexity index is 1450. The van der Waals surface area contributed by atoms with Crippen LogP contribution in [0, 0.1) is 0 Å². The molecule has 35 heavy (non-hydrogen) atoms. The van der Waals surface area contributed by atoms with E-state index in [1.807, 2.05) is 6.92 Å². The molecule has 1 heterocycles. The van der Waals surface area contributed by atoms with E-state index in [9.17, 15) is 14.7 Å². The van der Waals surface area contributed by atoms with Crippen LogP contribution in [0.15, 0.2) is 81.8 Å². The van der Waals surface area contributed by atoms with Gasteiger partial charge < -0.3 is 9.84 Å². The minimum atomic E-state index is -0.375.